The van der Waals surface area contributed by atoms with Crippen LogP contribution < -0.4 is 16.6 Å². The molecule has 4 N–H and O–H groups in total. The predicted octanol–water partition coefficient (Wildman–Crippen LogP) is 2.03. The molecule has 100 valence electrons. The Kier molecular flexibility index (Phi) is 4.30. The van der Waals surface area contributed by atoms with E-state index in [1.807, 2.05) is 6.92 Å². The molecule has 0 spiro atoms. The number of aryl methyl sites for hydroxylation is 1. The second-order valence-electron chi connectivity index (χ2n) is 4.44. The van der Waals surface area contributed by atoms with Crippen molar-refractivity contribution in [2.24, 2.45) is 5.84 Å². The van der Waals surface area contributed by atoms with Crippen LogP contribution in [-0.2, 0) is 6.42 Å². The molecule has 0 amide bonds. The predicted molar refractivity (Wildman–Crippen MR) is 78.0 cm³/mol. The number of nitrogens with zero attached hydrogens (tertiary/aromatic N) is 2. The van der Waals surface area contributed by atoms with Crippen LogP contribution in [0.1, 0.15) is 16.7 Å². The Morgan fingerprint density at radius 2 is 1.84 bits per heavy atom. The van der Waals surface area contributed by atoms with Crippen molar-refractivity contribution in [1.82, 2.24) is 9.97 Å². The van der Waals surface area contributed by atoms with Gasteiger partial charge in [0.25, 0.3) is 0 Å². The van der Waals surface area contributed by atoms with Gasteiger partial charge in [-0.1, -0.05) is 24.3 Å². The number of anilines is 2. The van der Waals surface area contributed by atoms with Crippen molar-refractivity contribution in [1.29, 1.82) is 0 Å². The SMILES string of the molecule is Cc1ccccc1CCNc1ncnc(NN)c1C. The van der Waals surface area contributed by atoms with Gasteiger partial charge in [-0.2, -0.15) is 0 Å². The second-order valence-corrected chi connectivity index (χ2v) is 4.44. The summed E-state index contributed by atoms with van der Waals surface area (Å²) < 4.78 is 0. The first-order valence-corrected chi connectivity index (χ1v) is 6.29. The summed E-state index contributed by atoms with van der Waals surface area (Å²) in [5, 5.41) is 3.32. The summed E-state index contributed by atoms with van der Waals surface area (Å²) in [6.45, 7) is 4.89. The lowest BCUT2D eigenvalue weighted by atomic mass is 10.1. The first-order valence-electron chi connectivity index (χ1n) is 6.29. The number of nitrogens with two attached hydrogens (primary N) is 1. The van der Waals surface area contributed by atoms with E-state index in [2.05, 4.69) is 51.9 Å². The maximum Gasteiger partial charge on any atom is 0.148 e. The molecule has 0 saturated heterocycles. The standard InChI is InChI=1S/C14H19N5/c1-10-5-3-4-6-12(10)7-8-16-13-11(2)14(19-15)18-9-17-13/h3-6,9H,7-8,15H2,1-2H3,(H2,16,17,18,19). The summed E-state index contributed by atoms with van der Waals surface area (Å²) in [5.41, 5.74) is 6.15. The van der Waals surface area contributed by atoms with Gasteiger partial charge in [0.05, 0.1) is 0 Å². The van der Waals surface area contributed by atoms with E-state index in [9.17, 15) is 0 Å². The molecule has 1 heterocycles. The topological polar surface area (TPSA) is 75.9 Å². The van der Waals surface area contributed by atoms with Gasteiger partial charge in [0.15, 0.2) is 0 Å². The zero-order valence-electron chi connectivity index (χ0n) is 11.3. The number of nitrogens with one attached hydrogen (secondary N) is 2. The maximum absolute atomic E-state index is 5.39. The van der Waals surface area contributed by atoms with Crippen molar-refractivity contribution >= 4 is 11.6 Å². The van der Waals surface area contributed by atoms with Crippen LogP contribution in [0.3, 0.4) is 0 Å². The quantitative estimate of drug-likeness (QED) is 0.564. The van der Waals surface area contributed by atoms with Gasteiger partial charge in [0.2, 0.25) is 0 Å². The highest BCUT2D eigenvalue weighted by Crippen LogP contribution is 2.17. The van der Waals surface area contributed by atoms with Gasteiger partial charge in [-0.05, 0) is 31.4 Å². The fourth-order valence-electron chi connectivity index (χ4n) is 1.98. The highest BCUT2D eigenvalue weighted by atomic mass is 15.3. The third-order valence-electron chi connectivity index (χ3n) is 3.17. The van der Waals surface area contributed by atoms with Gasteiger partial charge in [0, 0.05) is 12.1 Å². The zero-order chi connectivity index (χ0) is 13.7. The molecule has 1 aromatic heterocycles. The van der Waals surface area contributed by atoms with Crippen LogP contribution in [0.2, 0.25) is 0 Å². The Morgan fingerprint density at radius 3 is 2.58 bits per heavy atom. The van der Waals surface area contributed by atoms with Crippen molar-refractivity contribution in [3.05, 3.63) is 47.3 Å². The summed E-state index contributed by atoms with van der Waals surface area (Å²) >= 11 is 0. The van der Waals surface area contributed by atoms with Gasteiger partial charge in [0.1, 0.15) is 18.0 Å². The lowest BCUT2D eigenvalue weighted by Gasteiger charge is -2.11. The Hall–Kier alpha value is -2.14. The van der Waals surface area contributed by atoms with Crippen molar-refractivity contribution in [2.75, 3.05) is 17.3 Å². The molecule has 0 fully saturated rings. The van der Waals surface area contributed by atoms with E-state index in [0.29, 0.717) is 5.82 Å². The van der Waals surface area contributed by atoms with E-state index in [1.54, 1.807) is 0 Å². The number of hydrazine groups is 1. The smallest absolute Gasteiger partial charge is 0.148 e. The van der Waals surface area contributed by atoms with Crippen molar-refractivity contribution in [3.63, 3.8) is 0 Å². The molecule has 5 heteroatoms. The molecular formula is C14H19N5. The van der Waals surface area contributed by atoms with Gasteiger partial charge < -0.3 is 10.7 Å². The lowest BCUT2D eigenvalue weighted by Crippen LogP contribution is -2.14. The van der Waals surface area contributed by atoms with Gasteiger partial charge in [-0.25, -0.2) is 15.8 Å². The van der Waals surface area contributed by atoms with Crippen LogP contribution in [0.5, 0.6) is 0 Å². The summed E-state index contributed by atoms with van der Waals surface area (Å²) in [7, 11) is 0. The minimum absolute atomic E-state index is 0.647. The van der Waals surface area contributed by atoms with E-state index in [-0.39, 0.29) is 0 Å². The number of benzene rings is 1. The highest BCUT2D eigenvalue weighted by molar-refractivity contribution is 5.55. The molecule has 5 nitrogen and oxygen atoms in total. The van der Waals surface area contributed by atoms with E-state index in [0.717, 1.165) is 24.3 Å². The fraction of sp³-hybridized carbons (Fsp3) is 0.286. The van der Waals surface area contributed by atoms with Gasteiger partial charge >= 0.3 is 0 Å². The molecule has 0 atom stereocenters. The number of rotatable bonds is 5. The van der Waals surface area contributed by atoms with Crippen molar-refractivity contribution in [2.45, 2.75) is 20.3 Å². The van der Waals surface area contributed by atoms with E-state index in [1.165, 1.54) is 17.5 Å². The molecule has 0 aliphatic carbocycles. The van der Waals surface area contributed by atoms with Gasteiger partial charge in [-0.3, -0.25) is 0 Å². The van der Waals surface area contributed by atoms with Crippen LogP contribution in [0.25, 0.3) is 0 Å². The summed E-state index contributed by atoms with van der Waals surface area (Å²) in [5.74, 6) is 6.85. The number of hydrogen-bond acceptors (Lipinski definition) is 5. The average molecular weight is 257 g/mol. The molecule has 2 aromatic rings. The molecule has 1 aromatic carbocycles. The summed E-state index contributed by atoms with van der Waals surface area (Å²) in [6, 6.07) is 8.40. The largest absolute Gasteiger partial charge is 0.369 e. The zero-order valence-corrected chi connectivity index (χ0v) is 11.3. The molecule has 0 radical (unpaired) electrons. The average Bonchev–Trinajstić information content (AvgIpc) is 2.43. The van der Waals surface area contributed by atoms with E-state index in [4.69, 9.17) is 5.84 Å². The van der Waals surface area contributed by atoms with Crippen molar-refractivity contribution < 1.29 is 0 Å². The maximum atomic E-state index is 5.39. The first kappa shape index (κ1) is 13.3. The lowest BCUT2D eigenvalue weighted by molar-refractivity contribution is 0.980. The molecule has 2 rings (SSSR count). The third kappa shape index (κ3) is 3.20. The van der Waals surface area contributed by atoms with Crippen LogP contribution in [0, 0.1) is 13.8 Å². The number of hydrogen-bond donors (Lipinski definition) is 3. The Morgan fingerprint density at radius 1 is 1.11 bits per heavy atom. The van der Waals surface area contributed by atoms with Crippen LogP contribution in [0.4, 0.5) is 11.6 Å². The molecule has 0 unspecified atom stereocenters. The van der Waals surface area contributed by atoms with E-state index < -0.39 is 0 Å². The van der Waals surface area contributed by atoms with Crippen LogP contribution >= 0.6 is 0 Å². The van der Waals surface area contributed by atoms with Gasteiger partial charge in [-0.15, -0.1) is 0 Å². The van der Waals surface area contributed by atoms with Crippen LogP contribution in [-0.4, -0.2) is 16.5 Å². The summed E-state index contributed by atoms with van der Waals surface area (Å²) in [6.07, 6.45) is 2.46. The third-order valence-corrected chi connectivity index (χ3v) is 3.17. The van der Waals surface area contributed by atoms with E-state index >= 15 is 0 Å². The Bertz CT molecular complexity index is 553. The molecule has 19 heavy (non-hydrogen) atoms. The molecule has 0 aliphatic rings. The second kappa shape index (κ2) is 6.15. The monoisotopic (exact) mass is 257 g/mol. The van der Waals surface area contributed by atoms with Crippen LogP contribution in [0.15, 0.2) is 30.6 Å². The van der Waals surface area contributed by atoms with Crippen molar-refractivity contribution in [3.8, 4) is 0 Å². The minimum atomic E-state index is 0.647. The highest BCUT2D eigenvalue weighted by Gasteiger charge is 2.05. The first-order chi connectivity index (χ1) is 9.22. The normalized spacial score (nSPS) is 10.3. The number of aromatic nitrogens is 2. The molecule has 0 bridgehead atoms. The Balaban J connectivity index is 1.98. The fourth-order valence-corrected chi connectivity index (χ4v) is 1.98. The molecular weight excluding hydrogens is 238 g/mol. The molecule has 0 saturated carbocycles. The molecule has 0 aliphatic heterocycles. The Labute approximate surface area is 113 Å². The minimum Gasteiger partial charge on any atom is -0.369 e. The summed E-state index contributed by atoms with van der Waals surface area (Å²) in [4.78, 5) is 8.27. The number of nitrogen functional groups attached to an aromatic ring is 1.